The lowest BCUT2D eigenvalue weighted by Crippen LogP contribution is -1.97. The van der Waals surface area contributed by atoms with Crippen LogP contribution in [0.4, 0.5) is 0 Å². The monoisotopic (exact) mass is 674 g/mol. The van der Waals surface area contributed by atoms with E-state index < -0.39 is 0 Å². The molecule has 0 N–H and O–H groups in total. The summed E-state index contributed by atoms with van der Waals surface area (Å²) in [7, 11) is 0. The van der Waals surface area contributed by atoms with Gasteiger partial charge in [0.05, 0.1) is 44.7 Å². The van der Waals surface area contributed by atoms with Gasteiger partial charge in [0.25, 0.3) is 0 Å². The van der Waals surface area contributed by atoms with Crippen molar-refractivity contribution in [1.29, 1.82) is 5.26 Å². The van der Waals surface area contributed by atoms with Gasteiger partial charge in [-0.15, -0.1) is 0 Å². The molecule has 4 nitrogen and oxygen atoms in total. The van der Waals surface area contributed by atoms with Crippen LogP contribution in [0.25, 0.3) is 93.6 Å². The maximum atomic E-state index is 10.2. The highest BCUT2D eigenvalue weighted by Crippen LogP contribution is 2.46. The summed E-state index contributed by atoms with van der Waals surface area (Å²) < 4.78 is 7.22. The minimum Gasteiger partial charge on any atom is -0.309 e. The Labute approximate surface area is 305 Å². The first-order valence-electron chi connectivity index (χ1n) is 17.9. The second-order valence-corrected chi connectivity index (χ2v) is 13.7. The molecule has 3 aromatic heterocycles. The van der Waals surface area contributed by atoms with Crippen LogP contribution in [-0.4, -0.2) is 13.7 Å². The average Bonchev–Trinajstić information content (AvgIpc) is 3.87. The molecule has 0 aliphatic carbocycles. The van der Waals surface area contributed by atoms with Gasteiger partial charge in [-0.25, -0.2) is 0 Å². The minimum absolute atomic E-state index is 0.629. The first kappa shape index (κ1) is 29.4. The third kappa shape index (κ3) is 4.22. The van der Waals surface area contributed by atoms with Crippen LogP contribution in [0, 0.1) is 11.3 Å². The van der Waals surface area contributed by atoms with Crippen LogP contribution in [0.15, 0.2) is 182 Å². The summed E-state index contributed by atoms with van der Waals surface area (Å²) in [5.41, 5.74) is 12.8. The van der Waals surface area contributed by atoms with Gasteiger partial charge in [-0.3, -0.25) is 0 Å². The molecule has 53 heavy (non-hydrogen) atoms. The number of para-hydroxylation sites is 4. The van der Waals surface area contributed by atoms with Crippen molar-refractivity contribution in [2.45, 2.75) is 0 Å². The Kier molecular flexibility index (Phi) is 6.28. The fourth-order valence-corrected chi connectivity index (χ4v) is 8.67. The van der Waals surface area contributed by atoms with Crippen molar-refractivity contribution in [3.8, 4) is 34.3 Å². The Morgan fingerprint density at radius 2 is 0.811 bits per heavy atom. The molecule has 0 saturated carbocycles. The Morgan fingerprint density at radius 3 is 1.36 bits per heavy atom. The number of rotatable bonds is 4. The number of nitrogens with zero attached hydrogens (tertiary/aromatic N) is 4. The Bertz CT molecular complexity index is 3270. The van der Waals surface area contributed by atoms with Gasteiger partial charge in [-0.1, -0.05) is 115 Å². The predicted molar refractivity (Wildman–Crippen MR) is 220 cm³/mol. The first-order chi connectivity index (χ1) is 26.3. The van der Waals surface area contributed by atoms with Gasteiger partial charge in [0.1, 0.15) is 0 Å². The van der Waals surface area contributed by atoms with E-state index in [0.29, 0.717) is 5.56 Å². The van der Waals surface area contributed by atoms with Crippen LogP contribution in [0.3, 0.4) is 0 Å². The number of nitriles is 1. The number of aromatic nitrogens is 3. The predicted octanol–water partition coefficient (Wildman–Crippen LogP) is 12.5. The molecular formula is C49H30N4. The number of hydrogen-bond donors (Lipinski definition) is 0. The molecule has 0 atom stereocenters. The van der Waals surface area contributed by atoms with Crippen molar-refractivity contribution in [3.05, 3.63) is 188 Å². The number of hydrogen-bond acceptors (Lipinski definition) is 1. The van der Waals surface area contributed by atoms with Gasteiger partial charge in [0, 0.05) is 49.4 Å². The molecule has 0 aliphatic heterocycles. The molecule has 0 unspecified atom stereocenters. The van der Waals surface area contributed by atoms with Gasteiger partial charge in [-0.05, 0) is 77.9 Å². The molecule has 246 valence electrons. The van der Waals surface area contributed by atoms with Gasteiger partial charge < -0.3 is 13.7 Å². The summed E-state index contributed by atoms with van der Waals surface area (Å²) in [6, 6.07) is 67.0. The summed E-state index contributed by atoms with van der Waals surface area (Å²) in [6.07, 6.45) is 0. The highest BCUT2D eigenvalue weighted by atomic mass is 15.0. The highest BCUT2D eigenvalue weighted by Gasteiger charge is 2.24. The molecule has 11 aromatic rings. The van der Waals surface area contributed by atoms with Crippen molar-refractivity contribution in [2.24, 2.45) is 0 Å². The zero-order valence-corrected chi connectivity index (χ0v) is 28.6. The van der Waals surface area contributed by atoms with Crippen LogP contribution in [0.1, 0.15) is 5.56 Å². The van der Waals surface area contributed by atoms with E-state index in [2.05, 4.69) is 171 Å². The fourth-order valence-electron chi connectivity index (χ4n) is 8.67. The number of benzene rings is 8. The third-order valence-electron chi connectivity index (χ3n) is 10.8. The van der Waals surface area contributed by atoms with E-state index in [0.717, 1.165) is 39.2 Å². The Hall–Kier alpha value is -7.35. The van der Waals surface area contributed by atoms with E-state index in [-0.39, 0.29) is 0 Å². The van der Waals surface area contributed by atoms with Crippen molar-refractivity contribution in [1.82, 2.24) is 13.7 Å². The average molecular weight is 675 g/mol. The quantitative estimate of drug-likeness (QED) is 0.183. The summed E-state index contributed by atoms with van der Waals surface area (Å²) in [6.45, 7) is 0. The second-order valence-electron chi connectivity index (χ2n) is 13.7. The van der Waals surface area contributed by atoms with E-state index in [4.69, 9.17) is 0 Å². The molecule has 0 spiro atoms. The van der Waals surface area contributed by atoms with Crippen molar-refractivity contribution in [3.63, 3.8) is 0 Å². The maximum Gasteiger partial charge on any atom is 0.0992 e. The summed E-state index contributed by atoms with van der Waals surface area (Å²) in [5.74, 6) is 0. The van der Waals surface area contributed by atoms with Crippen molar-refractivity contribution in [2.75, 3.05) is 0 Å². The zero-order valence-electron chi connectivity index (χ0n) is 28.6. The lowest BCUT2D eigenvalue weighted by Gasteiger charge is -2.12. The van der Waals surface area contributed by atoms with Gasteiger partial charge in [-0.2, -0.15) is 5.26 Å². The smallest absolute Gasteiger partial charge is 0.0992 e. The topological polar surface area (TPSA) is 38.6 Å². The van der Waals surface area contributed by atoms with E-state index in [1.54, 1.807) is 0 Å². The van der Waals surface area contributed by atoms with Crippen LogP contribution < -0.4 is 0 Å². The van der Waals surface area contributed by atoms with Crippen LogP contribution in [0.5, 0.6) is 0 Å². The lowest BCUT2D eigenvalue weighted by atomic mass is 10.0. The van der Waals surface area contributed by atoms with Crippen molar-refractivity contribution >= 4 is 65.4 Å². The van der Waals surface area contributed by atoms with Crippen LogP contribution >= 0.6 is 0 Å². The van der Waals surface area contributed by atoms with Gasteiger partial charge in [0.15, 0.2) is 0 Å². The zero-order chi connectivity index (χ0) is 35.0. The minimum atomic E-state index is 0.629. The molecule has 4 heteroatoms. The molecule has 0 radical (unpaired) electrons. The fraction of sp³-hybridized carbons (Fsp3) is 0. The first-order valence-corrected chi connectivity index (χ1v) is 17.9. The van der Waals surface area contributed by atoms with Crippen LogP contribution in [-0.2, 0) is 0 Å². The summed E-state index contributed by atoms with van der Waals surface area (Å²) in [4.78, 5) is 0. The molecule has 0 fully saturated rings. The molecule has 0 saturated heterocycles. The Balaban J connectivity index is 1.33. The summed E-state index contributed by atoms with van der Waals surface area (Å²) in [5, 5.41) is 17.4. The molecular weight excluding hydrogens is 645 g/mol. The second kappa shape index (κ2) is 11.3. The molecule has 8 aromatic carbocycles. The normalized spacial score (nSPS) is 11.8. The van der Waals surface area contributed by atoms with Gasteiger partial charge in [0.2, 0.25) is 0 Å². The molecule has 0 bridgehead atoms. The van der Waals surface area contributed by atoms with E-state index >= 15 is 0 Å². The van der Waals surface area contributed by atoms with E-state index in [1.165, 1.54) is 54.4 Å². The Morgan fingerprint density at radius 1 is 0.340 bits per heavy atom. The maximum absolute atomic E-state index is 10.2. The molecule has 3 heterocycles. The van der Waals surface area contributed by atoms with E-state index in [1.807, 2.05) is 30.3 Å². The standard InChI is InChI=1S/C49H30N4/c50-31-32-28-34(33-14-4-1-5-15-33)30-37(29-32)52-43-23-13-11-21-41(43)47-45(52)27-25-39-38-24-26-44-46(48(38)53(49(39)47)36-18-8-3-9-19-36)40-20-10-12-22-42(40)51(44)35-16-6-2-7-17-35/h1-30H. The van der Waals surface area contributed by atoms with Crippen molar-refractivity contribution < 1.29 is 0 Å². The largest absolute Gasteiger partial charge is 0.309 e. The number of fused-ring (bicyclic) bond motifs is 11. The third-order valence-corrected chi connectivity index (χ3v) is 10.8. The summed E-state index contributed by atoms with van der Waals surface area (Å²) >= 11 is 0. The van der Waals surface area contributed by atoms with Gasteiger partial charge >= 0.3 is 0 Å². The molecule has 0 amide bonds. The SMILES string of the molecule is N#Cc1cc(-c2ccccc2)cc(-n2c3ccccc3c3c2ccc2c4ccc5c(c6ccccc6n5-c5ccccc5)c4n(-c4ccccc4)c23)c1. The molecule has 11 rings (SSSR count). The van der Waals surface area contributed by atoms with E-state index in [9.17, 15) is 5.26 Å². The molecule has 0 aliphatic rings. The lowest BCUT2D eigenvalue weighted by molar-refractivity contribution is 1.17. The highest BCUT2D eigenvalue weighted by molar-refractivity contribution is 6.31. The van der Waals surface area contributed by atoms with Crippen LogP contribution in [0.2, 0.25) is 0 Å².